The Morgan fingerprint density at radius 1 is 0.792 bits per heavy atom. The Hall–Kier alpha value is -1.43. The first kappa shape index (κ1) is 22.6. The van der Waals surface area contributed by atoms with E-state index >= 15 is 0 Å². The molecule has 140 valence electrons. The number of hydrogen-bond donors (Lipinski definition) is 2. The summed E-state index contributed by atoms with van der Waals surface area (Å²) in [5.41, 5.74) is 5.06. The molecule has 0 saturated heterocycles. The second-order valence-corrected chi connectivity index (χ2v) is 6.08. The summed E-state index contributed by atoms with van der Waals surface area (Å²) in [6, 6.07) is 0. The van der Waals surface area contributed by atoms with Gasteiger partial charge in [0.1, 0.15) is 0 Å². The lowest BCUT2D eigenvalue weighted by Gasteiger charge is -2.04. The zero-order valence-corrected chi connectivity index (χ0v) is 15.1. The van der Waals surface area contributed by atoms with Crippen molar-refractivity contribution >= 4 is 17.8 Å². The molecule has 0 spiro atoms. The molecule has 0 aliphatic rings. The van der Waals surface area contributed by atoms with E-state index in [1.807, 2.05) is 0 Å². The first-order chi connectivity index (χ1) is 11.6. The Balaban J connectivity index is 3.24. The van der Waals surface area contributed by atoms with Crippen molar-refractivity contribution in [3.63, 3.8) is 0 Å². The number of amides is 1. The number of nitrogens with two attached hydrogens (primary N) is 1. The molecule has 0 aromatic carbocycles. The quantitative estimate of drug-likeness (QED) is 0.271. The molecule has 0 aliphatic heterocycles. The highest BCUT2D eigenvalue weighted by molar-refractivity contribution is 5.86. The van der Waals surface area contributed by atoms with Crippen LogP contribution in [-0.2, 0) is 19.1 Å². The van der Waals surface area contributed by atoms with Gasteiger partial charge in [-0.3, -0.25) is 14.4 Å². The van der Waals surface area contributed by atoms with Gasteiger partial charge >= 0.3 is 11.9 Å². The lowest BCUT2D eigenvalue weighted by Crippen LogP contribution is -2.23. The van der Waals surface area contributed by atoms with Gasteiger partial charge < -0.3 is 15.8 Å². The number of esters is 2. The molecule has 0 aromatic rings. The van der Waals surface area contributed by atoms with Crippen LogP contribution < -0.4 is 11.1 Å². The predicted molar refractivity (Wildman–Crippen MR) is 94.2 cm³/mol. The van der Waals surface area contributed by atoms with Gasteiger partial charge in [0.25, 0.3) is 0 Å². The van der Waals surface area contributed by atoms with Gasteiger partial charge in [0, 0.05) is 19.4 Å². The third-order valence-corrected chi connectivity index (χ3v) is 3.75. The maximum Gasteiger partial charge on any atom is 0.327 e. The molecule has 0 heterocycles. The number of nitrogens with one attached hydrogen (secondary N) is 1. The Morgan fingerprint density at radius 2 is 1.29 bits per heavy atom. The van der Waals surface area contributed by atoms with E-state index in [1.165, 1.54) is 19.3 Å². The predicted octanol–water partition coefficient (Wildman–Crippen LogP) is 2.83. The molecule has 0 bridgehead atoms. The minimum atomic E-state index is -0.664. The maximum atomic E-state index is 11.4. The van der Waals surface area contributed by atoms with E-state index in [0.29, 0.717) is 6.42 Å². The molecule has 6 nitrogen and oxygen atoms in total. The van der Waals surface area contributed by atoms with Crippen molar-refractivity contribution in [3.8, 4) is 0 Å². The third-order valence-electron chi connectivity index (χ3n) is 3.75. The van der Waals surface area contributed by atoms with Crippen LogP contribution in [-0.4, -0.2) is 30.9 Å². The molecule has 0 rings (SSSR count). The topological polar surface area (TPSA) is 98.5 Å². The van der Waals surface area contributed by atoms with Gasteiger partial charge in [-0.15, -0.1) is 0 Å². The molecular formula is C18H34N2O4. The van der Waals surface area contributed by atoms with Crippen molar-refractivity contribution < 1.29 is 19.1 Å². The second kappa shape index (κ2) is 16.4. The number of ether oxygens (including phenoxy) is 1. The SMILES string of the molecule is CCCNC(=O)CCCCCCCCCCCC(=O)OC(=O)CN. The molecule has 0 aromatic heterocycles. The molecule has 6 heteroatoms. The van der Waals surface area contributed by atoms with Crippen LogP contribution in [0.5, 0.6) is 0 Å². The fourth-order valence-electron chi connectivity index (χ4n) is 2.36. The highest BCUT2D eigenvalue weighted by atomic mass is 16.6. The van der Waals surface area contributed by atoms with Crippen LogP contribution in [0.1, 0.15) is 84.0 Å². The minimum Gasteiger partial charge on any atom is -0.392 e. The Labute approximate surface area is 145 Å². The summed E-state index contributed by atoms with van der Waals surface area (Å²) < 4.78 is 4.49. The largest absolute Gasteiger partial charge is 0.392 e. The third kappa shape index (κ3) is 15.5. The first-order valence-corrected chi connectivity index (χ1v) is 9.30. The lowest BCUT2D eigenvalue weighted by molar-refractivity contribution is -0.158. The summed E-state index contributed by atoms with van der Waals surface area (Å²) in [5.74, 6) is -0.972. The number of rotatable bonds is 15. The van der Waals surface area contributed by atoms with Gasteiger partial charge in [-0.2, -0.15) is 0 Å². The minimum absolute atomic E-state index is 0.170. The van der Waals surface area contributed by atoms with Crippen LogP contribution in [0.2, 0.25) is 0 Å². The fourth-order valence-corrected chi connectivity index (χ4v) is 2.36. The smallest absolute Gasteiger partial charge is 0.327 e. The summed E-state index contributed by atoms with van der Waals surface area (Å²) in [6.45, 7) is 2.57. The van der Waals surface area contributed by atoms with Crippen molar-refractivity contribution in [2.24, 2.45) is 5.73 Å². The molecule has 0 saturated carbocycles. The summed E-state index contributed by atoms with van der Waals surface area (Å²) in [7, 11) is 0. The van der Waals surface area contributed by atoms with Crippen molar-refractivity contribution in [1.29, 1.82) is 0 Å². The van der Waals surface area contributed by atoms with E-state index in [-0.39, 0.29) is 18.9 Å². The van der Waals surface area contributed by atoms with E-state index in [2.05, 4.69) is 17.0 Å². The zero-order chi connectivity index (χ0) is 18.0. The molecule has 24 heavy (non-hydrogen) atoms. The van der Waals surface area contributed by atoms with Crippen molar-refractivity contribution in [2.75, 3.05) is 13.1 Å². The number of carbonyl (C=O) groups is 3. The molecule has 0 radical (unpaired) electrons. The van der Waals surface area contributed by atoms with Crippen LogP contribution >= 0.6 is 0 Å². The zero-order valence-electron chi connectivity index (χ0n) is 15.1. The van der Waals surface area contributed by atoms with Gasteiger partial charge in [0.05, 0.1) is 6.54 Å². The highest BCUT2D eigenvalue weighted by Gasteiger charge is 2.07. The Bertz CT molecular complexity index is 359. The van der Waals surface area contributed by atoms with Gasteiger partial charge in [0.2, 0.25) is 5.91 Å². The van der Waals surface area contributed by atoms with E-state index in [9.17, 15) is 14.4 Å². The van der Waals surface area contributed by atoms with Crippen LogP contribution in [0.25, 0.3) is 0 Å². The van der Waals surface area contributed by atoms with E-state index in [4.69, 9.17) is 5.73 Å². The summed E-state index contributed by atoms with van der Waals surface area (Å²) in [6.07, 6.45) is 11.5. The Kier molecular flexibility index (Phi) is 15.4. The summed E-state index contributed by atoms with van der Waals surface area (Å²) in [5, 5.41) is 2.89. The number of carbonyl (C=O) groups excluding carboxylic acids is 3. The molecule has 0 atom stereocenters. The molecule has 0 unspecified atom stereocenters. The van der Waals surface area contributed by atoms with Crippen LogP contribution in [0, 0.1) is 0 Å². The van der Waals surface area contributed by atoms with Crippen molar-refractivity contribution in [1.82, 2.24) is 5.32 Å². The van der Waals surface area contributed by atoms with Crippen molar-refractivity contribution in [2.45, 2.75) is 84.0 Å². The van der Waals surface area contributed by atoms with Crippen LogP contribution in [0.4, 0.5) is 0 Å². The normalized spacial score (nSPS) is 10.4. The van der Waals surface area contributed by atoms with Crippen LogP contribution in [0.15, 0.2) is 0 Å². The lowest BCUT2D eigenvalue weighted by atomic mass is 10.1. The molecule has 3 N–H and O–H groups in total. The van der Waals surface area contributed by atoms with Gasteiger partial charge in [-0.1, -0.05) is 51.9 Å². The van der Waals surface area contributed by atoms with Gasteiger partial charge in [-0.25, -0.2) is 0 Å². The highest BCUT2D eigenvalue weighted by Crippen LogP contribution is 2.11. The standard InChI is InChI=1S/C18H34N2O4/c1-2-14-20-16(21)12-10-8-6-4-3-5-7-9-11-13-17(22)24-18(23)15-19/h2-15,19H2,1H3,(H,20,21). The van der Waals surface area contributed by atoms with Crippen LogP contribution in [0.3, 0.4) is 0 Å². The summed E-state index contributed by atoms with van der Waals surface area (Å²) in [4.78, 5) is 33.4. The second-order valence-electron chi connectivity index (χ2n) is 6.08. The number of hydrogen-bond acceptors (Lipinski definition) is 5. The van der Waals surface area contributed by atoms with Crippen molar-refractivity contribution in [3.05, 3.63) is 0 Å². The summed E-state index contributed by atoms with van der Waals surface area (Å²) >= 11 is 0. The van der Waals surface area contributed by atoms with Gasteiger partial charge in [-0.05, 0) is 19.3 Å². The molecule has 0 aliphatic carbocycles. The first-order valence-electron chi connectivity index (χ1n) is 9.30. The van der Waals surface area contributed by atoms with E-state index in [0.717, 1.165) is 51.5 Å². The molecular weight excluding hydrogens is 308 g/mol. The Morgan fingerprint density at radius 3 is 1.79 bits per heavy atom. The van der Waals surface area contributed by atoms with Gasteiger partial charge in [0.15, 0.2) is 0 Å². The fraction of sp³-hybridized carbons (Fsp3) is 0.833. The average Bonchev–Trinajstić information content (AvgIpc) is 2.57. The molecule has 1 amide bonds. The number of unbranched alkanes of at least 4 members (excludes halogenated alkanes) is 8. The maximum absolute atomic E-state index is 11.4. The van der Waals surface area contributed by atoms with E-state index in [1.54, 1.807) is 0 Å². The monoisotopic (exact) mass is 342 g/mol. The average molecular weight is 342 g/mol. The van der Waals surface area contributed by atoms with E-state index < -0.39 is 11.9 Å². The molecule has 0 fully saturated rings.